The van der Waals surface area contributed by atoms with E-state index in [0.717, 1.165) is 65.0 Å². The van der Waals surface area contributed by atoms with Gasteiger partial charge in [0.15, 0.2) is 0 Å². The Balaban J connectivity index is 0.678. The van der Waals surface area contributed by atoms with Gasteiger partial charge in [-0.2, -0.15) is 0 Å². The molecule has 0 spiro atoms. The van der Waals surface area contributed by atoms with Crippen LogP contribution in [0.15, 0.2) is 0 Å². The van der Waals surface area contributed by atoms with E-state index in [2.05, 4.69) is 13.8 Å². The third-order valence-electron chi connectivity index (χ3n) is 29.3. The molecular weight excluding hydrogens is 689 g/mol. The molecule has 0 atom stereocenters. The van der Waals surface area contributed by atoms with Crippen molar-refractivity contribution >= 4 is 0 Å². The summed E-state index contributed by atoms with van der Waals surface area (Å²) in [5.74, 6) is 0. The summed E-state index contributed by atoms with van der Waals surface area (Å²) in [4.78, 5) is 0. The maximum Gasteiger partial charge on any atom is 0.0753 e. The summed E-state index contributed by atoms with van der Waals surface area (Å²) in [6.07, 6.45) is 57.7. The van der Waals surface area contributed by atoms with E-state index in [0.29, 0.717) is 32.9 Å². The largest absolute Gasteiger partial charge is 0.367 e. The fourth-order valence-electron chi connectivity index (χ4n) is 25.3. The summed E-state index contributed by atoms with van der Waals surface area (Å²) in [6.45, 7) is 5.54. The van der Waals surface area contributed by atoms with Crippen LogP contribution in [0.1, 0.15) is 245 Å². The highest BCUT2D eigenvalue weighted by Crippen LogP contribution is 3.04. The summed E-state index contributed by atoms with van der Waals surface area (Å²) in [6, 6.07) is 0. The van der Waals surface area contributed by atoms with Crippen molar-refractivity contribution in [3.8, 4) is 0 Å². The molecule has 0 N–H and O–H groups in total. The van der Waals surface area contributed by atoms with Crippen molar-refractivity contribution in [2.24, 2.45) is 86.6 Å². The molecule has 0 heterocycles. The van der Waals surface area contributed by atoms with E-state index < -0.39 is 0 Å². The second-order valence-corrected chi connectivity index (χ2v) is 29.4. The van der Waals surface area contributed by atoms with Crippen LogP contribution in [0.2, 0.25) is 0 Å². The Morgan fingerprint density at radius 2 is 0.333 bits per heavy atom. The minimum atomic E-state index is 0.298. The van der Waals surface area contributed by atoms with Gasteiger partial charge in [-0.25, -0.2) is 0 Å². The van der Waals surface area contributed by atoms with Crippen LogP contribution >= 0.6 is 0 Å². The fraction of sp³-hybridized carbons (Fsp3) is 1.00. The van der Waals surface area contributed by atoms with E-state index in [1.54, 1.807) is 205 Å². The second-order valence-electron chi connectivity index (χ2n) is 29.4. The lowest BCUT2D eigenvalue weighted by Gasteiger charge is -2.54. The summed E-state index contributed by atoms with van der Waals surface area (Å²) in [5.41, 5.74) is 12.3. The Hall–Kier alpha value is -0.0400. The van der Waals surface area contributed by atoms with Gasteiger partial charge in [0.1, 0.15) is 0 Å². The lowest BCUT2D eigenvalue weighted by Crippen LogP contribution is -2.52. The molecule has 0 amide bonds. The van der Waals surface area contributed by atoms with Crippen molar-refractivity contribution in [1.29, 1.82) is 0 Å². The van der Waals surface area contributed by atoms with Gasteiger partial charge >= 0.3 is 0 Å². The third-order valence-corrected chi connectivity index (χ3v) is 29.3. The van der Waals surface area contributed by atoms with Gasteiger partial charge in [0.25, 0.3) is 0 Å². The molecule has 0 bridgehead atoms. The van der Waals surface area contributed by atoms with Gasteiger partial charge in [-0.05, 0) is 307 Å². The number of hydrogen-bond acceptors (Lipinski definition) is 1. The van der Waals surface area contributed by atoms with E-state index in [9.17, 15) is 0 Å². The Bertz CT molecular complexity index is 1840. The fourth-order valence-corrected chi connectivity index (χ4v) is 25.3. The molecule has 18 saturated carbocycles. The van der Waals surface area contributed by atoms with Gasteiger partial charge in [-0.1, -0.05) is 13.8 Å². The molecule has 1 nitrogen and oxygen atoms in total. The molecule has 18 aliphatic carbocycles. The predicted molar refractivity (Wildman–Crippen MR) is 223 cm³/mol. The van der Waals surface area contributed by atoms with Crippen LogP contribution < -0.4 is 0 Å². The Morgan fingerprint density at radius 3 is 0.474 bits per heavy atom. The van der Waals surface area contributed by atoms with Crippen molar-refractivity contribution in [2.75, 3.05) is 0 Å². The van der Waals surface area contributed by atoms with Gasteiger partial charge in [0, 0.05) is 10.8 Å². The zero-order valence-electron chi connectivity index (χ0n) is 36.9. The minimum absolute atomic E-state index is 0.298. The first-order chi connectivity index (χ1) is 27.4. The van der Waals surface area contributed by atoms with Gasteiger partial charge in [0.2, 0.25) is 0 Å². The smallest absolute Gasteiger partial charge is 0.0753 e. The van der Waals surface area contributed by atoms with Crippen LogP contribution in [0.3, 0.4) is 0 Å². The number of hydrogen-bond donors (Lipinski definition) is 0. The zero-order valence-corrected chi connectivity index (χ0v) is 36.9. The summed E-state index contributed by atoms with van der Waals surface area (Å²) >= 11 is 0. The standard InChI is InChI=1S/C56H78O/c1-39(3-4-39)41(7-8-41)43(11-12-43)45(15-16-45)47(19-20-47)49(23-24-49)51(27-28-51)53(31-32-53)55(35-36-55)57-56(37-38-56)54(33-34-54)52(29-30-52)50(25-26-50)48(21-22-48)46(17-18-46)44(13-14-44)42(9-10-42)40(2)5-6-40/h3-38H2,1-2H3. The lowest BCUT2D eigenvalue weighted by atomic mass is 9.52. The summed E-state index contributed by atoms with van der Waals surface area (Å²) in [7, 11) is 0. The number of ether oxygens (including phenoxy) is 1. The predicted octanol–water partition coefficient (Wildman–Crippen LogP) is 14.6. The summed E-state index contributed by atoms with van der Waals surface area (Å²) in [5, 5.41) is 0. The van der Waals surface area contributed by atoms with Crippen LogP contribution in [-0.4, -0.2) is 11.2 Å². The van der Waals surface area contributed by atoms with Crippen LogP contribution in [0, 0.1) is 86.6 Å². The topological polar surface area (TPSA) is 9.23 Å². The van der Waals surface area contributed by atoms with Crippen LogP contribution in [-0.2, 0) is 4.74 Å². The highest BCUT2D eigenvalue weighted by molar-refractivity contribution is 5.46. The normalized spacial score (nSPS) is 45.8. The molecule has 1 heteroatoms. The van der Waals surface area contributed by atoms with E-state index in [1.165, 1.54) is 25.7 Å². The first-order valence-corrected chi connectivity index (χ1v) is 27.1. The molecule has 18 aliphatic rings. The molecule has 0 radical (unpaired) electrons. The first-order valence-electron chi connectivity index (χ1n) is 27.1. The van der Waals surface area contributed by atoms with Crippen molar-refractivity contribution in [2.45, 2.75) is 256 Å². The van der Waals surface area contributed by atoms with Crippen LogP contribution in [0.25, 0.3) is 0 Å². The lowest BCUT2D eigenvalue weighted by molar-refractivity contribution is -0.173. The average molecular weight is 767 g/mol. The van der Waals surface area contributed by atoms with Gasteiger partial charge in [-0.3, -0.25) is 0 Å². The van der Waals surface area contributed by atoms with E-state index in [1.807, 2.05) is 0 Å². The Kier molecular flexibility index (Phi) is 4.60. The molecule has 0 aromatic rings. The molecule has 0 saturated heterocycles. The molecular formula is C56H78O. The molecule has 0 aromatic heterocycles. The molecule has 18 fully saturated rings. The van der Waals surface area contributed by atoms with E-state index in [-0.39, 0.29) is 0 Å². The Labute approximate surface area is 346 Å². The quantitative estimate of drug-likeness (QED) is 0.135. The molecule has 308 valence electrons. The van der Waals surface area contributed by atoms with E-state index >= 15 is 0 Å². The molecule has 0 aliphatic heterocycles. The van der Waals surface area contributed by atoms with Crippen molar-refractivity contribution < 1.29 is 4.74 Å². The maximum absolute atomic E-state index is 8.46. The van der Waals surface area contributed by atoms with Crippen LogP contribution in [0.5, 0.6) is 0 Å². The monoisotopic (exact) mass is 767 g/mol. The highest BCUT2D eigenvalue weighted by Gasteiger charge is 2.98. The number of rotatable bonds is 18. The second kappa shape index (κ2) is 8.04. The van der Waals surface area contributed by atoms with Gasteiger partial charge in [-0.15, -0.1) is 0 Å². The molecule has 0 aromatic carbocycles. The molecule has 57 heavy (non-hydrogen) atoms. The zero-order chi connectivity index (χ0) is 37.2. The Morgan fingerprint density at radius 1 is 0.175 bits per heavy atom. The molecule has 0 unspecified atom stereocenters. The van der Waals surface area contributed by atoms with E-state index in [4.69, 9.17) is 4.74 Å². The minimum Gasteiger partial charge on any atom is -0.367 e. The first kappa shape index (κ1) is 32.6. The van der Waals surface area contributed by atoms with Crippen LogP contribution in [0.4, 0.5) is 0 Å². The average Bonchev–Trinajstić information content (AvgIpc) is 3.90. The van der Waals surface area contributed by atoms with Crippen molar-refractivity contribution in [1.82, 2.24) is 0 Å². The van der Waals surface area contributed by atoms with Gasteiger partial charge < -0.3 is 4.74 Å². The highest BCUT2D eigenvalue weighted by atomic mass is 16.5. The maximum atomic E-state index is 8.46. The summed E-state index contributed by atoms with van der Waals surface area (Å²) < 4.78 is 8.46. The third kappa shape index (κ3) is 2.83. The molecule has 18 rings (SSSR count). The SMILES string of the molecule is CC1(C2(C3(C4(C5(C6(C7(C8(C9(OC%10(C%11(C%12(C%13(C%14(C%15(C%16(C%17(C%18(C)CC%18)CC%17)CC%16)CC%15)CC%14)CC%13)CC%12)CC%11)CC%10)CC9)CC8)CC7)CC6)CC5)CC4)CC3)CC2)CC1. The van der Waals surface area contributed by atoms with Gasteiger partial charge in [0.05, 0.1) is 11.2 Å². The van der Waals surface area contributed by atoms with Crippen molar-refractivity contribution in [3.63, 3.8) is 0 Å². The van der Waals surface area contributed by atoms with Crippen molar-refractivity contribution in [3.05, 3.63) is 0 Å².